The molecule has 3 N–H and O–H groups in total. The minimum atomic E-state index is 0.595. The molecular weight excluding hydrogens is 484 g/mol. The van der Waals surface area contributed by atoms with Crippen molar-refractivity contribution in [1.29, 1.82) is 0 Å². The quantitative estimate of drug-likeness (QED) is 0.316. The maximum Gasteiger partial charge on any atom is 0.227 e. The molecule has 2 aliphatic rings. The van der Waals surface area contributed by atoms with Crippen LogP contribution < -0.4 is 20.9 Å². The average molecular weight is 525 g/mol. The maximum atomic E-state index is 4.69. The molecule has 2 aromatic heterocycles. The van der Waals surface area contributed by atoms with E-state index in [0.29, 0.717) is 5.95 Å². The number of hydrogen-bond acceptors (Lipinski definition) is 7. The van der Waals surface area contributed by atoms with Crippen molar-refractivity contribution >= 4 is 23.0 Å². The van der Waals surface area contributed by atoms with Crippen molar-refractivity contribution in [3.8, 4) is 11.3 Å². The first-order valence-corrected chi connectivity index (χ1v) is 13.9. The van der Waals surface area contributed by atoms with Gasteiger partial charge in [-0.05, 0) is 80.5 Å². The van der Waals surface area contributed by atoms with Crippen molar-refractivity contribution < 1.29 is 0 Å². The van der Waals surface area contributed by atoms with Gasteiger partial charge in [-0.25, -0.2) is 9.97 Å². The van der Waals surface area contributed by atoms with E-state index in [1.807, 2.05) is 25.2 Å². The topological polar surface area (TPSA) is 73.3 Å². The first-order chi connectivity index (χ1) is 19.2. The van der Waals surface area contributed by atoms with Gasteiger partial charge >= 0.3 is 0 Å². The Morgan fingerprint density at radius 3 is 2.18 bits per heavy atom. The summed E-state index contributed by atoms with van der Waals surface area (Å²) in [6.07, 6.45) is 6.68. The summed E-state index contributed by atoms with van der Waals surface area (Å²) >= 11 is 0. The molecule has 0 atom stereocenters. The van der Waals surface area contributed by atoms with Gasteiger partial charge in [-0.2, -0.15) is 0 Å². The van der Waals surface area contributed by atoms with Gasteiger partial charge in [0.15, 0.2) is 0 Å². The summed E-state index contributed by atoms with van der Waals surface area (Å²) in [5.74, 6) is 0.595. The molecule has 6 rings (SSSR count). The van der Waals surface area contributed by atoms with Crippen LogP contribution in [0.4, 0.5) is 23.0 Å². The van der Waals surface area contributed by atoms with Crippen molar-refractivity contribution in [1.82, 2.24) is 24.8 Å². The molecule has 0 unspecified atom stereocenters. The number of hydrogen-bond donors (Lipinski definition) is 3. The second kappa shape index (κ2) is 13.3. The first-order valence-electron chi connectivity index (χ1n) is 13.9. The normalized spacial score (nSPS) is 15.5. The van der Waals surface area contributed by atoms with Crippen LogP contribution in [0.3, 0.4) is 0 Å². The zero-order valence-corrected chi connectivity index (χ0v) is 23.1. The predicted molar refractivity (Wildman–Crippen MR) is 162 cm³/mol. The van der Waals surface area contributed by atoms with Crippen molar-refractivity contribution in [2.45, 2.75) is 19.4 Å². The fourth-order valence-electron chi connectivity index (χ4n) is 4.95. The van der Waals surface area contributed by atoms with E-state index in [0.717, 1.165) is 55.4 Å². The average Bonchev–Trinajstić information content (AvgIpc) is 3.70. The van der Waals surface area contributed by atoms with E-state index >= 15 is 0 Å². The molecule has 8 heteroatoms. The number of aromatic nitrogens is 3. The lowest BCUT2D eigenvalue weighted by molar-refractivity contribution is 0.245. The van der Waals surface area contributed by atoms with E-state index in [2.05, 4.69) is 97.1 Å². The Hall–Kier alpha value is -3.88. The summed E-state index contributed by atoms with van der Waals surface area (Å²) in [5, 5.41) is 9.70. The van der Waals surface area contributed by atoms with Crippen LogP contribution in [0.15, 0.2) is 79.1 Å². The minimum absolute atomic E-state index is 0.595. The van der Waals surface area contributed by atoms with E-state index in [1.54, 1.807) is 6.20 Å². The summed E-state index contributed by atoms with van der Waals surface area (Å²) in [7, 11) is 4.03. The van der Waals surface area contributed by atoms with Gasteiger partial charge < -0.3 is 25.4 Å². The minimum Gasteiger partial charge on any atom is -0.388 e. The highest BCUT2D eigenvalue weighted by Crippen LogP contribution is 2.24. The molecule has 0 saturated carbocycles. The molecule has 0 amide bonds. The van der Waals surface area contributed by atoms with Crippen molar-refractivity contribution in [3.63, 3.8) is 0 Å². The van der Waals surface area contributed by atoms with E-state index < -0.39 is 0 Å². The number of nitrogens with one attached hydrogen (secondary N) is 3. The summed E-state index contributed by atoms with van der Waals surface area (Å²) in [5.41, 5.74) is 6.63. The molecule has 0 radical (unpaired) electrons. The lowest BCUT2D eigenvalue weighted by atomic mass is 10.1. The van der Waals surface area contributed by atoms with Gasteiger partial charge in [-0.15, -0.1) is 0 Å². The first kappa shape index (κ1) is 26.7. The maximum absolute atomic E-state index is 4.69. The Balaban J connectivity index is 0.000000555. The van der Waals surface area contributed by atoms with Crippen molar-refractivity contribution in [2.24, 2.45) is 7.05 Å². The molecule has 0 bridgehead atoms. The van der Waals surface area contributed by atoms with E-state index in [4.69, 9.17) is 4.98 Å². The molecule has 4 aromatic rings. The molecule has 2 aliphatic heterocycles. The highest BCUT2D eigenvalue weighted by atomic mass is 15.3. The molecule has 4 heterocycles. The lowest BCUT2D eigenvalue weighted by Gasteiger charge is -2.36. The van der Waals surface area contributed by atoms with E-state index in [-0.39, 0.29) is 0 Å². The Morgan fingerprint density at radius 2 is 1.56 bits per heavy atom. The van der Waals surface area contributed by atoms with Gasteiger partial charge in [0.2, 0.25) is 5.95 Å². The van der Waals surface area contributed by atoms with Crippen LogP contribution in [0.1, 0.15) is 18.5 Å². The van der Waals surface area contributed by atoms with Crippen molar-refractivity contribution in [2.75, 3.05) is 61.8 Å². The Labute approximate surface area is 232 Å². The SMILES string of the molecule is C1CCNC1.CNc1ccc(-c2ccnc(Nc3ccc(N4CCN(Cc5cccn5C)CC4)cc3)n2)cc1. The zero-order valence-electron chi connectivity index (χ0n) is 23.1. The van der Waals surface area contributed by atoms with Crippen LogP contribution in [-0.4, -0.2) is 65.8 Å². The Bertz CT molecular complexity index is 1280. The number of nitrogens with zero attached hydrogens (tertiary/aromatic N) is 5. The molecular formula is C31H40N8. The van der Waals surface area contributed by atoms with Gasteiger partial charge in [0.25, 0.3) is 0 Å². The van der Waals surface area contributed by atoms with E-state index in [1.165, 1.54) is 37.3 Å². The predicted octanol–water partition coefficient (Wildman–Crippen LogP) is 4.96. The van der Waals surface area contributed by atoms with Crippen LogP contribution in [0, 0.1) is 0 Å². The van der Waals surface area contributed by atoms with Crippen molar-refractivity contribution in [3.05, 3.63) is 84.8 Å². The second-order valence-corrected chi connectivity index (χ2v) is 10.1. The largest absolute Gasteiger partial charge is 0.388 e. The van der Waals surface area contributed by atoms with Gasteiger partial charge in [-0.3, -0.25) is 4.90 Å². The smallest absolute Gasteiger partial charge is 0.227 e. The molecule has 39 heavy (non-hydrogen) atoms. The highest BCUT2D eigenvalue weighted by molar-refractivity contribution is 5.65. The molecule has 0 spiro atoms. The molecule has 0 aliphatic carbocycles. The second-order valence-electron chi connectivity index (χ2n) is 10.1. The molecule has 8 nitrogen and oxygen atoms in total. The molecule has 2 aromatic carbocycles. The zero-order chi connectivity index (χ0) is 26.9. The number of anilines is 4. The summed E-state index contributed by atoms with van der Waals surface area (Å²) in [6.45, 7) is 7.73. The van der Waals surface area contributed by atoms with E-state index in [9.17, 15) is 0 Å². The molecule has 204 valence electrons. The van der Waals surface area contributed by atoms with Crippen LogP contribution in [0.5, 0.6) is 0 Å². The highest BCUT2D eigenvalue weighted by Gasteiger charge is 2.18. The Morgan fingerprint density at radius 1 is 0.846 bits per heavy atom. The lowest BCUT2D eigenvalue weighted by Crippen LogP contribution is -2.46. The Kier molecular flexibility index (Phi) is 9.09. The van der Waals surface area contributed by atoms with Crippen LogP contribution in [0.25, 0.3) is 11.3 Å². The number of rotatable bonds is 7. The fourth-order valence-corrected chi connectivity index (χ4v) is 4.95. The number of aryl methyl sites for hydroxylation is 1. The fraction of sp³-hybridized carbons (Fsp3) is 0.355. The summed E-state index contributed by atoms with van der Waals surface area (Å²) in [4.78, 5) is 14.1. The van der Waals surface area contributed by atoms with Crippen LogP contribution in [0.2, 0.25) is 0 Å². The van der Waals surface area contributed by atoms with Crippen LogP contribution in [-0.2, 0) is 13.6 Å². The van der Waals surface area contributed by atoms with Gasteiger partial charge in [-0.1, -0.05) is 12.1 Å². The van der Waals surface area contributed by atoms with Gasteiger partial charge in [0.05, 0.1) is 5.69 Å². The summed E-state index contributed by atoms with van der Waals surface area (Å²) in [6, 6.07) is 23.0. The standard InChI is InChI=1S/C27H31N7.C4H9N/c1-28-22-7-5-21(6-8-22)26-13-14-29-27(31-26)30-23-9-11-24(12-10-23)34-18-16-33(17-19-34)20-25-4-3-15-32(25)2;1-2-4-5-3-1/h3-15,28H,16-20H2,1-2H3,(H,29,30,31);5H,1-4H2. The third-order valence-electron chi connectivity index (χ3n) is 7.38. The van der Waals surface area contributed by atoms with Gasteiger partial charge in [0, 0.05) is 87.5 Å². The van der Waals surface area contributed by atoms with Crippen LogP contribution >= 0.6 is 0 Å². The third-order valence-corrected chi connectivity index (χ3v) is 7.38. The number of piperazine rings is 1. The monoisotopic (exact) mass is 524 g/mol. The summed E-state index contributed by atoms with van der Waals surface area (Å²) < 4.78 is 2.21. The molecule has 2 saturated heterocycles. The van der Waals surface area contributed by atoms with Gasteiger partial charge in [0.1, 0.15) is 0 Å². The molecule has 2 fully saturated rings. The number of benzene rings is 2. The third kappa shape index (κ3) is 7.37.